The van der Waals surface area contributed by atoms with Crippen LogP contribution in [0.3, 0.4) is 0 Å². The van der Waals surface area contributed by atoms with E-state index in [4.69, 9.17) is 4.74 Å². The van der Waals surface area contributed by atoms with E-state index in [9.17, 15) is 0 Å². The van der Waals surface area contributed by atoms with Gasteiger partial charge in [0.2, 0.25) is 0 Å². The molecule has 0 aromatic carbocycles. The molecule has 16 heavy (non-hydrogen) atoms. The fourth-order valence-corrected chi connectivity index (χ4v) is 1.32. The van der Waals surface area contributed by atoms with E-state index in [1.807, 2.05) is 26.1 Å². The van der Waals surface area contributed by atoms with Crippen molar-refractivity contribution in [3.05, 3.63) is 23.5 Å². The molecule has 0 saturated heterocycles. The van der Waals surface area contributed by atoms with Crippen LogP contribution in [0.15, 0.2) is 12.3 Å². The molecule has 0 aliphatic rings. The van der Waals surface area contributed by atoms with Gasteiger partial charge in [-0.2, -0.15) is 0 Å². The van der Waals surface area contributed by atoms with Gasteiger partial charge in [-0.3, -0.25) is 4.98 Å². The van der Waals surface area contributed by atoms with Crippen molar-refractivity contribution >= 4 is 0 Å². The fraction of sp³-hybridized carbons (Fsp3) is 0.643. The minimum atomic E-state index is 0.910. The van der Waals surface area contributed by atoms with Crippen LogP contribution in [0.25, 0.3) is 0 Å². The van der Waals surface area contributed by atoms with Crippen molar-refractivity contribution in [2.45, 2.75) is 53.4 Å². The van der Waals surface area contributed by atoms with Gasteiger partial charge in [0.1, 0.15) is 5.75 Å². The van der Waals surface area contributed by atoms with Crippen molar-refractivity contribution in [1.29, 1.82) is 0 Å². The molecule has 92 valence electrons. The van der Waals surface area contributed by atoms with Crippen LogP contribution in [-0.2, 0) is 0 Å². The zero-order valence-corrected chi connectivity index (χ0v) is 11.3. The van der Waals surface area contributed by atoms with E-state index in [-0.39, 0.29) is 0 Å². The van der Waals surface area contributed by atoms with Gasteiger partial charge in [-0.15, -0.1) is 0 Å². The average molecular weight is 223 g/mol. The summed E-state index contributed by atoms with van der Waals surface area (Å²) in [4.78, 5) is 4.11. The van der Waals surface area contributed by atoms with Crippen LogP contribution in [0.4, 0.5) is 0 Å². The lowest BCUT2D eigenvalue weighted by Gasteiger charge is -2.02. The number of rotatable bonds is 4. The summed E-state index contributed by atoms with van der Waals surface area (Å²) in [6.45, 7) is 8.39. The molecule has 0 atom stereocenters. The van der Waals surface area contributed by atoms with Crippen LogP contribution in [0, 0.1) is 13.8 Å². The Morgan fingerprint density at radius 3 is 2.06 bits per heavy atom. The van der Waals surface area contributed by atoms with E-state index in [0.717, 1.165) is 17.0 Å². The minimum absolute atomic E-state index is 0.910. The third-order valence-electron chi connectivity index (χ3n) is 2.37. The van der Waals surface area contributed by atoms with Crippen LogP contribution in [0.1, 0.15) is 50.8 Å². The van der Waals surface area contributed by atoms with Gasteiger partial charge in [-0.25, -0.2) is 0 Å². The monoisotopic (exact) mass is 223 g/mol. The molecule has 2 heteroatoms. The Labute approximate surface area is 100 Å². The molecular weight excluding hydrogens is 198 g/mol. The summed E-state index contributed by atoms with van der Waals surface area (Å²) >= 11 is 0. The molecule has 2 nitrogen and oxygen atoms in total. The third kappa shape index (κ3) is 6.44. The minimum Gasteiger partial charge on any atom is -0.496 e. The number of hydrogen-bond acceptors (Lipinski definition) is 2. The molecule has 0 amide bonds. The largest absolute Gasteiger partial charge is 0.496 e. The van der Waals surface area contributed by atoms with Gasteiger partial charge in [0.05, 0.1) is 7.11 Å². The van der Waals surface area contributed by atoms with Crippen LogP contribution in [0.5, 0.6) is 5.75 Å². The zero-order chi connectivity index (χ0) is 12.4. The number of pyridine rings is 1. The molecule has 1 aromatic rings. The van der Waals surface area contributed by atoms with Crippen molar-refractivity contribution in [3.8, 4) is 5.75 Å². The molecule has 0 spiro atoms. The summed E-state index contributed by atoms with van der Waals surface area (Å²) in [5.41, 5.74) is 2.07. The van der Waals surface area contributed by atoms with Gasteiger partial charge < -0.3 is 4.74 Å². The standard InChI is InChI=1S/C8H11NO.C6H14/c1-6-5-9-7(2)4-8(6)10-3;1-3-5-6-4-2/h4-5H,1-3H3;3-6H2,1-2H3. The summed E-state index contributed by atoms with van der Waals surface area (Å²) in [7, 11) is 1.67. The molecule has 0 aliphatic heterocycles. The summed E-state index contributed by atoms with van der Waals surface area (Å²) in [5.74, 6) is 0.910. The summed E-state index contributed by atoms with van der Waals surface area (Å²) in [6, 6.07) is 1.93. The van der Waals surface area contributed by atoms with E-state index in [1.165, 1.54) is 25.7 Å². The first-order valence-corrected chi connectivity index (χ1v) is 6.12. The van der Waals surface area contributed by atoms with Crippen LogP contribution in [-0.4, -0.2) is 12.1 Å². The first-order valence-electron chi connectivity index (χ1n) is 6.12. The lowest BCUT2D eigenvalue weighted by atomic mass is 10.2. The van der Waals surface area contributed by atoms with Crippen molar-refractivity contribution in [1.82, 2.24) is 4.98 Å². The van der Waals surface area contributed by atoms with Crippen LogP contribution >= 0.6 is 0 Å². The second-order valence-electron chi connectivity index (χ2n) is 4.00. The van der Waals surface area contributed by atoms with Gasteiger partial charge in [0.25, 0.3) is 0 Å². The van der Waals surface area contributed by atoms with Crippen LogP contribution in [0.2, 0.25) is 0 Å². The molecule has 0 radical (unpaired) electrons. The Bertz CT molecular complexity index is 280. The summed E-state index contributed by atoms with van der Waals surface area (Å²) in [6.07, 6.45) is 7.35. The number of nitrogens with zero attached hydrogens (tertiary/aromatic N) is 1. The smallest absolute Gasteiger partial charge is 0.125 e. The Kier molecular flexibility index (Phi) is 8.59. The van der Waals surface area contributed by atoms with Crippen LogP contribution < -0.4 is 4.74 Å². The SMILES string of the molecule is CCCCCC.COc1cc(C)ncc1C. The van der Waals surface area contributed by atoms with Crippen molar-refractivity contribution in [2.75, 3.05) is 7.11 Å². The maximum absolute atomic E-state index is 5.09. The molecule has 1 aromatic heterocycles. The second-order valence-corrected chi connectivity index (χ2v) is 4.00. The van der Waals surface area contributed by atoms with Gasteiger partial charge in [-0.1, -0.05) is 39.5 Å². The molecule has 0 fully saturated rings. The lowest BCUT2D eigenvalue weighted by Crippen LogP contribution is -1.89. The quantitative estimate of drug-likeness (QED) is 0.710. The van der Waals surface area contributed by atoms with E-state index >= 15 is 0 Å². The first kappa shape index (κ1) is 14.9. The number of hydrogen-bond donors (Lipinski definition) is 0. The molecule has 0 aliphatic carbocycles. The van der Waals surface area contributed by atoms with Crippen molar-refractivity contribution in [2.24, 2.45) is 0 Å². The zero-order valence-electron chi connectivity index (χ0n) is 11.3. The van der Waals surface area contributed by atoms with Gasteiger partial charge in [0.15, 0.2) is 0 Å². The molecule has 1 rings (SSSR count). The van der Waals surface area contributed by atoms with Crippen molar-refractivity contribution < 1.29 is 4.74 Å². The summed E-state index contributed by atoms with van der Waals surface area (Å²) in [5, 5.41) is 0. The number of unbranched alkanes of at least 4 members (excludes halogenated alkanes) is 3. The Morgan fingerprint density at radius 1 is 1.12 bits per heavy atom. The number of methoxy groups -OCH3 is 1. The lowest BCUT2D eigenvalue weighted by molar-refractivity contribution is 0.410. The third-order valence-corrected chi connectivity index (χ3v) is 2.37. The highest BCUT2D eigenvalue weighted by molar-refractivity contribution is 5.31. The summed E-state index contributed by atoms with van der Waals surface area (Å²) < 4.78 is 5.09. The maximum Gasteiger partial charge on any atom is 0.125 e. The molecule has 0 saturated carbocycles. The van der Waals surface area contributed by atoms with E-state index in [1.54, 1.807) is 7.11 Å². The Morgan fingerprint density at radius 2 is 1.69 bits per heavy atom. The maximum atomic E-state index is 5.09. The normalized spacial score (nSPS) is 9.31. The van der Waals surface area contributed by atoms with E-state index < -0.39 is 0 Å². The Hall–Kier alpha value is -1.05. The topological polar surface area (TPSA) is 22.1 Å². The molecule has 0 N–H and O–H groups in total. The highest BCUT2D eigenvalue weighted by atomic mass is 16.5. The first-order chi connectivity index (χ1) is 7.65. The van der Waals surface area contributed by atoms with Gasteiger partial charge >= 0.3 is 0 Å². The fourth-order valence-electron chi connectivity index (χ4n) is 1.32. The average Bonchev–Trinajstić information content (AvgIpc) is 2.30. The highest BCUT2D eigenvalue weighted by Gasteiger charge is 1.96. The van der Waals surface area contributed by atoms with Gasteiger partial charge in [-0.05, 0) is 13.8 Å². The molecule has 1 heterocycles. The Balaban J connectivity index is 0.000000325. The van der Waals surface area contributed by atoms with E-state index in [0.29, 0.717) is 0 Å². The predicted octanol–water partition coefficient (Wildman–Crippen LogP) is 4.29. The van der Waals surface area contributed by atoms with Gasteiger partial charge in [0, 0.05) is 23.5 Å². The number of aryl methyl sites for hydroxylation is 2. The molecular formula is C14H25NO. The second kappa shape index (κ2) is 9.20. The predicted molar refractivity (Wildman–Crippen MR) is 70.1 cm³/mol. The van der Waals surface area contributed by atoms with E-state index in [2.05, 4.69) is 18.8 Å². The number of ether oxygens (including phenoxy) is 1. The molecule has 0 bridgehead atoms. The molecule has 0 unspecified atom stereocenters. The highest BCUT2D eigenvalue weighted by Crippen LogP contribution is 2.15. The van der Waals surface area contributed by atoms with Crippen molar-refractivity contribution in [3.63, 3.8) is 0 Å². The number of aromatic nitrogens is 1.